The van der Waals surface area contributed by atoms with Gasteiger partial charge in [0.25, 0.3) is 0 Å². The van der Waals surface area contributed by atoms with Crippen molar-refractivity contribution in [1.29, 1.82) is 0 Å². The fraction of sp³-hybridized carbons (Fsp3) is 0.714. The molecular formula is C14H25ClN4O. The minimum Gasteiger partial charge on any atom is -0.352 e. The van der Waals surface area contributed by atoms with E-state index in [4.69, 9.17) is 5.73 Å². The summed E-state index contributed by atoms with van der Waals surface area (Å²) in [5.74, 6) is 0.228. The molecule has 0 bridgehead atoms. The van der Waals surface area contributed by atoms with Crippen LogP contribution in [-0.2, 0) is 24.8 Å². The number of carbonyl (C=O) groups is 1. The molecule has 114 valence electrons. The van der Waals surface area contributed by atoms with Gasteiger partial charge in [-0.1, -0.05) is 13.3 Å². The van der Waals surface area contributed by atoms with E-state index in [-0.39, 0.29) is 30.3 Å². The zero-order valence-corrected chi connectivity index (χ0v) is 13.1. The Morgan fingerprint density at radius 1 is 1.55 bits per heavy atom. The molecule has 1 aromatic heterocycles. The number of hydrogen-bond acceptors (Lipinski definition) is 3. The molecular weight excluding hydrogens is 276 g/mol. The minimum atomic E-state index is 0. The lowest BCUT2D eigenvalue weighted by atomic mass is 9.85. The molecule has 0 radical (unpaired) electrons. The summed E-state index contributed by atoms with van der Waals surface area (Å²) in [7, 11) is 1.91. The Kier molecular flexibility index (Phi) is 6.49. The normalized spacial score (nSPS) is 22.1. The van der Waals surface area contributed by atoms with E-state index in [1.54, 1.807) is 4.68 Å². The molecule has 0 spiro atoms. The summed E-state index contributed by atoms with van der Waals surface area (Å²) >= 11 is 0. The molecule has 2 rings (SSSR count). The predicted molar refractivity (Wildman–Crippen MR) is 81.6 cm³/mol. The summed E-state index contributed by atoms with van der Waals surface area (Å²) in [6, 6.07) is 0.189. The first-order valence-corrected chi connectivity index (χ1v) is 7.14. The predicted octanol–water partition coefficient (Wildman–Crippen LogP) is 1.54. The highest BCUT2D eigenvalue weighted by Crippen LogP contribution is 2.23. The van der Waals surface area contributed by atoms with Crippen molar-refractivity contribution < 1.29 is 4.79 Å². The van der Waals surface area contributed by atoms with Gasteiger partial charge in [0, 0.05) is 37.3 Å². The van der Waals surface area contributed by atoms with Crippen molar-refractivity contribution in [3.05, 3.63) is 17.5 Å². The molecule has 6 heteroatoms. The fourth-order valence-electron chi connectivity index (χ4n) is 2.82. The van der Waals surface area contributed by atoms with Gasteiger partial charge >= 0.3 is 0 Å². The quantitative estimate of drug-likeness (QED) is 0.886. The maximum Gasteiger partial charge on any atom is 0.223 e. The number of aromatic nitrogens is 2. The van der Waals surface area contributed by atoms with Crippen molar-refractivity contribution in [3.8, 4) is 0 Å². The van der Waals surface area contributed by atoms with Crippen molar-refractivity contribution in [1.82, 2.24) is 15.1 Å². The molecule has 1 aromatic rings. The Hall–Kier alpha value is -1.07. The summed E-state index contributed by atoms with van der Waals surface area (Å²) in [4.78, 5) is 12.1. The van der Waals surface area contributed by atoms with E-state index < -0.39 is 0 Å². The van der Waals surface area contributed by atoms with Crippen LogP contribution >= 0.6 is 12.4 Å². The number of halogens is 1. The van der Waals surface area contributed by atoms with Gasteiger partial charge in [-0.05, 0) is 25.7 Å². The zero-order valence-electron chi connectivity index (χ0n) is 12.3. The molecule has 1 fully saturated rings. The number of rotatable bonds is 4. The number of nitrogens with zero attached hydrogens (tertiary/aromatic N) is 2. The molecule has 2 unspecified atom stereocenters. The third kappa shape index (κ3) is 4.21. The smallest absolute Gasteiger partial charge is 0.223 e. The highest BCUT2D eigenvalue weighted by molar-refractivity contribution is 5.85. The molecule has 0 aliphatic heterocycles. The summed E-state index contributed by atoms with van der Waals surface area (Å²) in [6.07, 6.45) is 6.76. The van der Waals surface area contributed by atoms with Crippen molar-refractivity contribution >= 4 is 18.3 Å². The van der Waals surface area contributed by atoms with Crippen molar-refractivity contribution in [2.45, 2.75) is 51.6 Å². The average Bonchev–Trinajstić information content (AvgIpc) is 2.76. The number of nitrogens with one attached hydrogen (secondary N) is 1. The van der Waals surface area contributed by atoms with Crippen LogP contribution in [0.4, 0.5) is 0 Å². The molecule has 20 heavy (non-hydrogen) atoms. The lowest BCUT2D eigenvalue weighted by Gasteiger charge is -2.25. The molecule has 0 saturated heterocycles. The van der Waals surface area contributed by atoms with Gasteiger partial charge in [-0.25, -0.2) is 0 Å². The van der Waals surface area contributed by atoms with E-state index in [0.29, 0.717) is 6.54 Å². The number of carbonyl (C=O) groups excluding carboxylic acids is 1. The Morgan fingerprint density at radius 3 is 2.95 bits per heavy atom. The summed E-state index contributed by atoms with van der Waals surface area (Å²) in [5.41, 5.74) is 8.09. The van der Waals surface area contributed by atoms with Gasteiger partial charge in [0.15, 0.2) is 0 Å². The number of aryl methyl sites for hydroxylation is 2. The molecule has 1 aliphatic carbocycles. The average molecular weight is 301 g/mol. The third-order valence-corrected chi connectivity index (χ3v) is 3.87. The maximum atomic E-state index is 12.1. The van der Waals surface area contributed by atoms with Crippen LogP contribution in [-0.4, -0.2) is 21.7 Å². The van der Waals surface area contributed by atoms with Crippen LogP contribution in [0.25, 0.3) is 0 Å². The second kappa shape index (κ2) is 7.64. The van der Waals surface area contributed by atoms with Crippen molar-refractivity contribution in [2.75, 3.05) is 0 Å². The Bertz CT molecular complexity index is 446. The number of hydrogen-bond donors (Lipinski definition) is 2. The second-order valence-corrected chi connectivity index (χ2v) is 5.47. The van der Waals surface area contributed by atoms with Gasteiger partial charge in [0.1, 0.15) is 0 Å². The molecule has 1 aliphatic rings. The van der Waals surface area contributed by atoms with Gasteiger partial charge in [-0.3, -0.25) is 9.48 Å². The molecule has 2 atom stereocenters. The topological polar surface area (TPSA) is 72.9 Å². The summed E-state index contributed by atoms with van der Waals surface area (Å²) in [6.45, 7) is 2.65. The van der Waals surface area contributed by atoms with Crippen LogP contribution in [0.2, 0.25) is 0 Å². The number of nitrogens with two attached hydrogens (primary N) is 1. The van der Waals surface area contributed by atoms with Crippen molar-refractivity contribution in [3.63, 3.8) is 0 Å². The summed E-state index contributed by atoms with van der Waals surface area (Å²) in [5, 5.41) is 7.41. The van der Waals surface area contributed by atoms with Gasteiger partial charge in [0.05, 0.1) is 5.69 Å². The van der Waals surface area contributed by atoms with Crippen LogP contribution in [0.3, 0.4) is 0 Å². The highest BCUT2D eigenvalue weighted by atomic mass is 35.5. The molecule has 1 amide bonds. The maximum absolute atomic E-state index is 12.1. The number of amides is 1. The van der Waals surface area contributed by atoms with Gasteiger partial charge in [-0.15, -0.1) is 12.4 Å². The Morgan fingerprint density at radius 2 is 2.30 bits per heavy atom. The van der Waals surface area contributed by atoms with E-state index in [9.17, 15) is 4.79 Å². The van der Waals surface area contributed by atoms with Crippen LogP contribution in [0.15, 0.2) is 6.20 Å². The van der Waals surface area contributed by atoms with Crippen LogP contribution in [0, 0.1) is 5.92 Å². The van der Waals surface area contributed by atoms with Gasteiger partial charge in [0.2, 0.25) is 5.91 Å². The van der Waals surface area contributed by atoms with E-state index in [1.807, 2.05) is 13.2 Å². The molecule has 3 N–H and O–H groups in total. The van der Waals surface area contributed by atoms with Crippen LogP contribution in [0.5, 0.6) is 0 Å². The highest BCUT2D eigenvalue weighted by Gasteiger charge is 2.25. The van der Waals surface area contributed by atoms with Crippen LogP contribution in [0.1, 0.15) is 43.9 Å². The second-order valence-electron chi connectivity index (χ2n) is 5.47. The van der Waals surface area contributed by atoms with Gasteiger partial charge in [-0.2, -0.15) is 5.10 Å². The molecule has 1 saturated carbocycles. The first-order chi connectivity index (χ1) is 9.10. The molecule has 1 heterocycles. The Balaban J connectivity index is 0.00000200. The lowest BCUT2D eigenvalue weighted by Crippen LogP contribution is -2.37. The SMILES string of the molecule is CCc1nn(C)cc1CNC(=O)C1CCCC(N)C1.Cl. The third-order valence-electron chi connectivity index (χ3n) is 3.87. The van der Waals surface area contributed by atoms with E-state index in [0.717, 1.165) is 43.4 Å². The lowest BCUT2D eigenvalue weighted by molar-refractivity contribution is -0.126. The largest absolute Gasteiger partial charge is 0.352 e. The summed E-state index contributed by atoms with van der Waals surface area (Å²) < 4.78 is 1.80. The molecule has 0 aromatic carbocycles. The van der Waals surface area contributed by atoms with Crippen LogP contribution < -0.4 is 11.1 Å². The monoisotopic (exact) mass is 300 g/mol. The minimum absolute atomic E-state index is 0. The first-order valence-electron chi connectivity index (χ1n) is 7.14. The first kappa shape index (κ1) is 17.0. The molecule has 5 nitrogen and oxygen atoms in total. The zero-order chi connectivity index (χ0) is 13.8. The van der Waals surface area contributed by atoms with E-state index in [1.165, 1.54) is 0 Å². The van der Waals surface area contributed by atoms with E-state index in [2.05, 4.69) is 17.3 Å². The van der Waals surface area contributed by atoms with Crippen molar-refractivity contribution in [2.24, 2.45) is 18.7 Å². The fourth-order valence-corrected chi connectivity index (χ4v) is 2.82. The standard InChI is InChI=1S/C14H24N4O.ClH/c1-3-13-11(9-18(2)17-13)8-16-14(19)10-5-4-6-12(15)7-10;/h9-10,12H,3-8,15H2,1-2H3,(H,16,19);1H. The Labute approximate surface area is 126 Å². The van der Waals surface area contributed by atoms with Gasteiger partial charge < -0.3 is 11.1 Å². The van der Waals surface area contributed by atoms with E-state index >= 15 is 0 Å².